The van der Waals surface area contributed by atoms with Crippen LogP contribution in [0, 0.1) is 0 Å². The minimum Gasteiger partial charge on any atom is -0.402 e. The van der Waals surface area contributed by atoms with Gasteiger partial charge in [-0.05, 0) is 36.5 Å². The molecule has 0 aromatic heterocycles. The molecule has 0 amide bonds. The lowest BCUT2D eigenvalue weighted by molar-refractivity contribution is 0.902. The Morgan fingerprint density at radius 1 is 1.07 bits per heavy atom. The Bertz CT molecular complexity index is 337. The highest BCUT2D eigenvalue weighted by Crippen LogP contribution is 2.27. The van der Waals surface area contributed by atoms with E-state index in [1.165, 1.54) is 16.7 Å². The van der Waals surface area contributed by atoms with E-state index in [1.54, 1.807) is 0 Å². The van der Waals surface area contributed by atoms with E-state index >= 15 is 0 Å². The third-order valence-corrected chi connectivity index (χ3v) is 2.57. The SMILES string of the molecule is CC.CC1=C(N)CCc2ccccc21. The smallest absolute Gasteiger partial charge is 0.0120 e. The largest absolute Gasteiger partial charge is 0.402 e. The number of hydrogen-bond acceptors (Lipinski definition) is 1. The van der Waals surface area contributed by atoms with Crippen LogP contribution in [0.4, 0.5) is 0 Å². The molecule has 1 heteroatoms. The quantitative estimate of drug-likeness (QED) is 0.665. The van der Waals surface area contributed by atoms with E-state index in [0.717, 1.165) is 18.5 Å². The summed E-state index contributed by atoms with van der Waals surface area (Å²) in [7, 11) is 0. The van der Waals surface area contributed by atoms with Gasteiger partial charge in [-0.25, -0.2) is 0 Å². The summed E-state index contributed by atoms with van der Waals surface area (Å²) >= 11 is 0. The van der Waals surface area contributed by atoms with Crippen molar-refractivity contribution in [2.75, 3.05) is 0 Å². The van der Waals surface area contributed by atoms with Crippen LogP contribution in [0.3, 0.4) is 0 Å². The molecule has 0 saturated carbocycles. The van der Waals surface area contributed by atoms with Crippen LogP contribution >= 0.6 is 0 Å². The number of nitrogens with two attached hydrogens (primary N) is 1. The molecule has 1 aromatic rings. The molecule has 1 aliphatic rings. The standard InChI is InChI=1S/C11H13N.C2H6/c1-8-10-5-3-2-4-9(10)6-7-11(8)12;1-2/h2-5H,6-7,12H2,1H3;1-2H3. The van der Waals surface area contributed by atoms with Crippen LogP contribution < -0.4 is 5.73 Å². The van der Waals surface area contributed by atoms with Gasteiger partial charge in [-0.2, -0.15) is 0 Å². The van der Waals surface area contributed by atoms with Crippen molar-refractivity contribution < 1.29 is 0 Å². The van der Waals surface area contributed by atoms with Gasteiger partial charge >= 0.3 is 0 Å². The monoisotopic (exact) mass is 189 g/mol. The average Bonchev–Trinajstić information content (AvgIpc) is 2.27. The Morgan fingerprint density at radius 3 is 2.43 bits per heavy atom. The van der Waals surface area contributed by atoms with Crippen LogP contribution in [-0.4, -0.2) is 0 Å². The van der Waals surface area contributed by atoms with Crippen LogP contribution in [0.2, 0.25) is 0 Å². The molecule has 2 N–H and O–H groups in total. The predicted octanol–water partition coefficient (Wildman–Crippen LogP) is 3.35. The van der Waals surface area contributed by atoms with Crippen molar-refractivity contribution in [2.24, 2.45) is 5.73 Å². The number of fused-ring (bicyclic) bond motifs is 1. The highest BCUT2D eigenvalue weighted by Gasteiger charge is 2.12. The molecule has 76 valence electrons. The maximum Gasteiger partial charge on any atom is 0.0120 e. The number of benzene rings is 1. The fourth-order valence-electron chi connectivity index (χ4n) is 1.73. The fraction of sp³-hybridized carbons (Fsp3) is 0.385. The zero-order chi connectivity index (χ0) is 10.6. The maximum atomic E-state index is 5.87. The third-order valence-electron chi connectivity index (χ3n) is 2.57. The molecule has 0 spiro atoms. The first-order chi connectivity index (χ1) is 6.79. The highest BCUT2D eigenvalue weighted by molar-refractivity contribution is 5.70. The van der Waals surface area contributed by atoms with Crippen molar-refractivity contribution in [3.63, 3.8) is 0 Å². The van der Waals surface area contributed by atoms with Gasteiger partial charge < -0.3 is 5.73 Å². The molecule has 0 saturated heterocycles. The van der Waals surface area contributed by atoms with E-state index in [0.29, 0.717) is 0 Å². The van der Waals surface area contributed by atoms with Gasteiger partial charge in [0.2, 0.25) is 0 Å². The van der Waals surface area contributed by atoms with Crippen LogP contribution in [0.5, 0.6) is 0 Å². The van der Waals surface area contributed by atoms with Crippen molar-refractivity contribution in [1.29, 1.82) is 0 Å². The molecular formula is C13H19N. The van der Waals surface area contributed by atoms with Gasteiger partial charge in [0.15, 0.2) is 0 Å². The van der Waals surface area contributed by atoms with Crippen LogP contribution in [-0.2, 0) is 6.42 Å². The van der Waals surface area contributed by atoms with Gasteiger partial charge in [-0.3, -0.25) is 0 Å². The van der Waals surface area contributed by atoms with E-state index in [2.05, 4.69) is 31.2 Å². The molecule has 1 aromatic carbocycles. The predicted molar refractivity (Wildman–Crippen MR) is 62.9 cm³/mol. The third kappa shape index (κ3) is 1.98. The van der Waals surface area contributed by atoms with Crippen molar-refractivity contribution in [1.82, 2.24) is 0 Å². The van der Waals surface area contributed by atoms with Crippen LogP contribution in [0.25, 0.3) is 5.57 Å². The van der Waals surface area contributed by atoms with Gasteiger partial charge in [0.05, 0.1) is 0 Å². The molecule has 0 fully saturated rings. The number of rotatable bonds is 0. The summed E-state index contributed by atoms with van der Waals surface area (Å²) in [6, 6.07) is 8.50. The Morgan fingerprint density at radius 2 is 1.71 bits per heavy atom. The molecule has 1 nitrogen and oxygen atoms in total. The summed E-state index contributed by atoms with van der Waals surface area (Å²) in [5.74, 6) is 0. The Hall–Kier alpha value is -1.24. The molecule has 0 unspecified atom stereocenters. The molecule has 2 rings (SSSR count). The number of hydrogen-bond donors (Lipinski definition) is 1. The van der Waals surface area contributed by atoms with E-state index in [4.69, 9.17) is 5.73 Å². The van der Waals surface area contributed by atoms with Crippen LogP contribution in [0.15, 0.2) is 30.0 Å². The Balaban J connectivity index is 0.000000461. The van der Waals surface area contributed by atoms with Gasteiger partial charge in [0.1, 0.15) is 0 Å². The van der Waals surface area contributed by atoms with Gasteiger partial charge in [0.25, 0.3) is 0 Å². The lowest BCUT2D eigenvalue weighted by Gasteiger charge is -2.18. The molecular weight excluding hydrogens is 170 g/mol. The second kappa shape index (κ2) is 4.85. The van der Waals surface area contributed by atoms with E-state index < -0.39 is 0 Å². The maximum absolute atomic E-state index is 5.87. The van der Waals surface area contributed by atoms with Gasteiger partial charge in [-0.15, -0.1) is 0 Å². The van der Waals surface area contributed by atoms with Crippen molar-refractivity contribution in [3.8, 4) is 0 Å². The minimum absolute atomic E-state index is 1.02. The van der Waals surface area contributed by atoms with Crippen molar-refractivity contribution in [2.45, 2.75) is 33.6 Å². The van der Waals surface area contributed by atoms with Gasteiger partial charge in [-0.1, -0.05) is 38.1 Å². The lowest BCUT2D eigenvalue weighted by Crippen LogP contribution is -2.09. The zero-order valence-electron chi connectivity index (χ0n) is 9.30. The first-order valence-electron chi connectivity index (χ1n) is 5.32. The second-order valence-corrected chi connectivity index (χ2v) is 3.31. The van der Waals surface area contributed by atoms with Gasteiger partial charge in [0, 0.05) is 5.70 Å². The summed E-state index contributed by atoms with van der Waals surface area (Å²) in [4.78, 5) is 0. The van der Waals surface area contributed by atoms with Crippen molar-refractivity contribution in [3.05, 3.63) is 41.1 Å². The van der Waals surface area contributed by atoms with E-state index in [-0.39, 0.29) is 0 Å². The topological polar surface area (TPSA) is 26.0 Å². The van der Waals surface area contributed by atoms with Crippen molar-refractivity contribution >= 4 is 5.57 Å². The summed E-state index contributed by atoms with van der Waals surface area (Å²) in [6.45, 7) is 6.10. The molecule has 0 atom stereocenters. The molecule has 0 aliphatic heterocycles. The zero-order valence-corrected chi connectivity index (χ0v) is 9.30. The van der Waals surface area contributed by atoms with E-state index in [9.17, 15) is 0 Å². The molecule has 0 radical (unpaired) electrons. The normalized spacial score (nSPS) is 14.2. The summed E-state index contributed by atoms with van der Waals surface area (Å²) < 4.78 is 0. The van der Waals surface area contributed by atoms with Crippen LogP contribution in [0.1, 0.15) is 38.3 Å². The average molecular weight is 189 g/mol. The number of allylic oxidation sites excluding steroid dienone is 2. The first kappa shape index (κ1) is 10.8. The number of aryl methyl sites for hydroxylation is 1. The molecule has 14 heavy (non-hydrogen) atoms. The fourth-order valence-corrected chi connectivity index (χ4v) is 1.73. The molecule has 1 aliphatic carbocycles. The lowest BCUT2D eigenvalue weighted by atomic mass is 9.90. The first-order valence-corrected chi connectivity index (χ1v) is 5.32. The minimum atomic E-state index is 1.02. The Labute approximate surface area is 86.6 Å². The highest BCUT2D eigenvalue weighted by atomic mass is 14.6. The summed E-state index contributed by atoms with van der Waals surface area (Å²) in [6.07, 6.45) is 2.11. The molecule has 0 bridgehead atoms. The second-order valence-electron chi connectivity index (χ2n) is 3.31. The van der Waals surface area contributed by atoms with E-state index in [1.807, 2.05) is 13.8 Å². The summed E-state index contributed by atoms with van der Waals surface area (Å²) in [5.41, 5.74) is 11.0. The Kier molecular flexibility index (Phi) is 3.75. The summed E-state index contributed by atoms with van der Waals surface area (Å²) in [5, 5.41) is 0. The molecule has 0 heterocycles.